The van der Waals surface area contributed by atoms with E-state index in [4.69, 9.17) is 4.74 Å². The van der Waals surface area contributed by atoms with Gasteiger partial charge in [0.05, 0.1) is 19.7 Å². The number of nitrogens with zero attached hydrogens (tertiary/aromatic N) is 2. The molecule has 0 aliphatic heterocycles. The van der Waals surface area contributed by atoms with Crippen LogP contribution in [-0.4, -0.2) is 11.2 Å². The largest absolute Gasteiger partial charge is 0.493 e. The third kappa shape index (κ3) is 3.92. The highest BCUT2D eigenvalue weighted by Gasteiger charge is 2.14. The van der Waals surface area contributed by atoms with Crippen LogP contribution in [0.2, 0.25) is 0 Å². The highest BCUT2D eigenvalue weighted by atomic mass is 16.5. The number of ether oxygens (including phenoxy) is 1. The Morgan fingerprint density at radius 1 is 0.957 bits per heavy atom. The number of rotatable bonds is 8. The molecule has 3 rings (SSSR count). The summed E-state index contributed by atoms with van der Waals surface area (Å²) in [4.78, 5) is 0. The van der Waals surface area contributed by atoms with Crippen molar-refractivity contribution in [2.45, 2.75) is 39.3 Å². The normalized spacial score (nSPS) is 11.0. The quantitative estimate of drug-likeness (QED) is 0.450. The molecule has 0 spiro atoms. The molecular weight excluding hydrogens is 284 g/mol. The number of unbranched alkanes of at least 4 members (excludes halogenated alkanes) is 1. The summed E-state index contributed by atoms with van der Waals surface area (Å²) in [5.41, 5.74) is 2.63. The van der Waals surface area contributed by atoms with Gasteiger partial charge in [-0.3, -0.25) is 0 Å². The smallest absolute Gasteiger partial charge is 0.244 e. The fourth-order valence-corrected chi connectivity index (χ4v) is 2.87. The number of para-hydroxylation sites is 3. The monoisotopic (exact) mass is 309 g/mol. The van der Waals surface area contributed by atoms with Crippen molar-refractivity contribution in [3.63, 3.8) is 0 Å². The van der Waals surface area contributed by atoms with Gasteiger partial charge in [0.15, 0.2) is 11.0 Å². The molecule has 0 aliphatic rings. The van der Waals surface area contributed by atoms with E-state index in [9.17, 15) is 0 Å². The summed E-state index contributed by atoms with van der Waals surface area (Å²) in [7, 11) is 0. The Labute approximate surface area is 138 Å². The van der Waals surface area contributed by atoms with Crippen LogP contribution in [-0.2, 0) is 13.1 Å². The summed E-state index contributed by atoms with van der Waals surface area (Å²) >= 11 is 0. The zero-order valence-corrected chi connectivity index (χ0v) is 13.8. The number of benzene rings is 2. The highest BCUT2D eigenvalue weighted by Crippen LogP contribution is 2.12. The second kappa shape index (κ2) is 7.82. The van der Waals surface area contributed by atoms with Crippen LogP contribution in [0.15, 0.2) is 60.9 Å². The SMILES string of the molecule is CCCCn1c[n+](CCCOc2ccccc2)c2ccccc21. The number of fused-ring (bicyclic) bond motifs is 1. The van der Waals surface area contributed by atoms with Crippen molar-refractivity contribution in [1.82, 2.24) is 4.57 Å². The maximum atomic E-state index is 5.79. The van der Waals surface area contributed by atoms with Gasteiger partial charge in [-0.15, -0.1) is 0 Å². The Morgan fingerprint density at radius 3 is 2.57 bits per heavy atom. The molecule has 0 bridgehead atoms. The molecule has 0 aliphatic carbocycles. The molecule has 3 aromatic rings. The van der Waals surface area contributed by atoms with Crippen molar-refractivity contribution in [3.8, 4) is 5.75 Å². The van der Waals surface area contributed by atoms with E-state index in [2.05, 4.69) is 46.7 Å². The van der Waals surface area contributed by atoms with Crippen LogP contribution in [0.1, 0.15) is 26.2 Å². The second-order valence-electron chi connectivity index (χ2n) is 5.86. The molecule has 23 heavy (non-hydrogen) atoms. The van der Waals surface area contributed by atoms with Gasteiger partial charge in [-0.2, -0.15) is 0 Å². The summed E-state index contributed by atoms with van der Waals surface area (Å²) in [6, 6.07) is 18.7. The van der Waals surface area contributed by atoms with Gasteiger partial charge < -0.3 is 4.74 Å². The van der Waals surface area contributed by atoms with Crippen molar-refractivity contribution in [2.75, 3.05) is 6.61 Å². The van der Waals surface area contributed by atoms with Gasteiger partial charge >= 0.3 is 0 Å². The first-order valence-electron chi connectivity index (χ1n) is 8.53. The summed E-state index contributed by atoms with van der Waals surface area (Å²) < 4.78 is 10.5. The van der Waals surface area contributed by atoms with Crippen molar-refractivity contribution in [3.05, 3.63) is 60.9 Å². The molecule has 0 unspecified atom stereocenters. The molecule has 3 heteroatoms. The summed E-state index contributed by atoms with van der Waals surface area (Å²) in [6.45, 7) is 5.04. The Hall–Kier alpha value is -2.29. The van der Waals surface area contributed by atoms with Crippen LogP contribution in [0.5, 0.6) is 5.75 Å². The number of hydrogen-bond donors (Lipinski definition) is 0. The first kappa shape index (κ1) is 15.6. The lowest BCUT2D eigenvalue weighted by Crippen LogP contribution is -2.33. The van der Waals surface area contributed by atoms with Gasteiger partial charge in [-0.1, -0.05) is 43.7 Å². The van der Waals surface area contributed by atoms with Crippen molar-refractivity contribution >= 4 is 11.0 Å². The van der Waals surface area contributed by atoms with E-state index in [0.29, 0.717) is 0 Å². The Bertz CT molecular complexity index is 734. The topological polar surface area (TPSA) is 18.0 Å². The summed E-state index contributed by atoms with van der Waals surface area (Å²) in [6.07, 6.45) is 5.69. The molecule has 0 saturated heterocycles. The Balaban J connectivity index is 1.63. The van der Waals surface area contributed by atoms with Crippen LogP contribution in [0.25, 0.3) is 11.0 Å². The fraction of sp³-hybridized carbons (Fsp3) is 0.350. The number of imidazole rings is 1. The minimum atomic E-state index is 0.742. The van der Waals surface area contributed by atoms with Crippen LogP contribution < -0.4 is 9.30 Å². The molecule has 0 atom stereocenters. The first-order valence-corrected chi connectivity index (χ1v) is 8.53. The average molecular weight is 309 g/mol. The van der Waals surface area contributed by atoms with E-state index in [1.807, 2.05) is 30.3 Å². The second-order valence-corrected chi connectivity index (χ2v) is 5.86. The lowest BCUT2D eigenvalue weighted by Gasteiger charge is -2.04. The zero-order valence-electron chi connectivity index (χ0n) is 13.8. The molecule has 0 saturated carbocycles. The molecule has 0 amide bonds. The van der Waals surface area contributed by atoms with Crippen molar-refractivity contribution in [2.24, 2.45) is 0 Å². The molecular formula is C20H25N2O+. The van der Waals surface area contributed by atoms with E-state index in [1.165, 1.54) is 23.9 Å². The van der Waals surface area contributed by atoms with Gasteiger partial charge in [0.25, 0.3) is 0 Å². The maximum absolute atomic E-state index is 5.79. The molecule has 0 fully saturated rings. The van der Waals surface area contributed by atoms with Crippen LogP contribution in [0, 0.1) is 0 Å². The molecule has 0 N–H and O–H groups in total. The number of aromatic nitrogens is 2. The lowest BCUT2D eigenvalue weighted by atomic mass is 10.3. The molecule has 120 valence electrons. The predicted molar refractivity (Wildman–Crippen MR) is 93.6 cm³/mol. The third-order valence-electron chi connectivity index (χ3n) is 4.09. The predicted octanol–water partition coefficient (Wildman–Crippen LogP) is 4.20. The van der Waals surface area contributed by atoms with E-state index in [1.54, 1.807) is 0 Å². The summed E-state index contributed by atoms with van der Waals surface area (Å²) in [5, 5.41) is 0. The third-order valence-corrected chi connectivity index (χ3v) is 4.09. The fourth-order valence-electron chi connectivity index (χ4n) is 2.87. The Morgan fingerprint density at radius 2 is 1.74 bits per heavy atom. The molecule has 1 heterocycles. The van der Waals surface area contributed by atoms with E-state index < -0.39 is 0 Å². The minimum Gasteiger partial charge on any atom is -0.493 e. The van der Waals surface area contributed by atoms with Gasteiger partial charge in [-0.25, -0.2) is 9.13 Å². The molecule has 2 aromatic carbocycles. The lowest BCUT2D eigenvalue weighted by molar-refractivity contribution is -0.672. The van der Waals surface area contributed by atoms with Gasteiger partial charge in [0, 0.05) is 6.42 Å². The van der Waals surface area contributed by atoms with E-state index >= 15 is 0 Å². The number of hydrogen-bond acceptors (Lipinski definition) is 1. The van der Waals surface area contributed by atoms with Gasteiger partial charge in [0.1, 0.15) is 5.75 Å². The summed E-state index contributed by atoms with van der Waals surface area (Å²) in [5.74, 6) is 0.947. The zero-order chi connectivity index (χ0) is 15.9. The average Bonchev–Trinajstić information content (AvgIpc) is 2.96. The Kier molecular flexibility index (Phi) is 5.30. The van der Waals surface area contributed by atoms with Crippen molar-refractivity contribution < 1.29 is 9.30 Å². The molecule has 3 nitrogen and oxygen atoms in total. The highest BCUT2D eigenvalue weighted by molar-refractivity contribution is 5.71. The molecule has 1 aromatic heterocycles. The standard InChI is InChI=1S/C20H25N2O/c1-2-3-14-21-17-22(20-13-8-7-12-19(20)21)15-9-16-23-18-10-5-4-6-11-18/h4-8,10-13,17H,2-3,9,14-16H2,1H3/q+1. The number of aryl methyl sites for hydroxylation is 2. The van der Waals surface area contributed by atoms with Crippen LogP contribution in [0.3, 0.4) is 0 Å². The van der Waals surface area contributed by atoms with Gasteiger partial charge in [0.2, 0.25) is 6.33 Å². The first-order chi connectivity index (χ1) is 11.4. The van der Waals surface area contributed by atoms with E-state index in [-0.39, 0.29) is 0 Å². The molecule has 0 radical (unpaired) electrons. The van der Waals surface area contributed by atoms with E-state index in [0.717, 1.165) is 31.9 Å². The van der Waals surface area contributed by atoms with Crippen molar-refractivity contribution in [1.29, 1.82) is 0 Å². The van der Waals surface area contributed by atoms with Gasteiger partial charge in [-0.05, 0) is 30.7 Å². The van der Waals surface area contributed by atoms with Crippen LogP contribution in [0.4, 0.5) is 0 Å². The maximum Gasteiger partial charge on any atom is 0.244 e. The van der Waals surface area contributed by atoms with Crippen LogP contribution >= 0.6 is 0 Å². The minimum absolute atomic E-state index is 0.742.